The highest BCUT2D eigenvalue weighted by molar-refractivity contribution is 5.70. The van der Waals surface area contributed by atoms with Crippen molar-refractivity contribution in [2.45, 2.75) is 38.5 Å². The zero-order chi connectivity index (χ0) is 9.52. The molecule has 0 saturated carbocycles. The Labute approximate surface area is 79.1 Å². The fourth-order valence-corrected chi connectivity index (χ4v) is 1.63. The standard InChI is InChI=1S/C10H18O3/c11-10(12)9-6-4-2-1-3-5-7-13-8-9/h9H,1-8H2,(H,11,12). The van der Waals surface area contributed by atoms with Crippen molar-refractivity contribution in [3.05, 3.63) is 0 Å². The van der Waals surface area contributed by atoms with Crippen LogP contribution >= 0.6 is 0 Å². The van der Waals surface area contributed by atoms with Crippen LogP contribution in [-0.4, -0.2) is 24.3 Å². The van der Waals surface area contributed by atoms with Crippen molar-refractivity contribution in [1.29, 1.82) is 0 Å². The molecule has 0 aromatic carbocycles. The molecule has 0 amide bonds. The number of rotatable bonds is 1. The number of carboxylic acids is 1. The Bertz CT molecular complexity index is 146. The second kappa shape index (κ2) is 5.97. The maximum absolute atomic E-state index is 10.7. The first kappa shape index (κ1) is 10.5. The van der Waals surface area contributed by atoms with E-state index in [0.717, 1.165) is 25.9 Å². The van der Waals surface area contributed by atoms with Gasteiger partial charge in [-0.15, -0.1) is 0 Å². The highest BCUT2D eigenvalue weighted by Crippen LogP contribution is 2.14. The van der Waals surface area contributed by atoms with Crippen LogP contribution in [-0.2, 0) is 9.53 Å². The molecule has 0 aliphatic carbocycles. The van der Waals surface area contributed by atoms with Crippen molar-refractivity contribution in [3.8, 4) is 0 Å². The Morgan fingerprint density at radius 2 is 1.85 bits per heavy atom. The summed E-state index contributed by atoms with van der Waals surface area (Å²) in [5.74, 6) is -0.987. The van der Waals surface area contributed by atoms with Gasteiger partial charge in [-0.1, -0.05) is 25.7 Å². The molecular formula is C10H18O3. The lowest BCUT2D eigenvalue weighted by atomic mass is 10.0. The Morgan fingerprint density at radius 1 is 1.15 bits per heavy atom. The van der Waals surface area contributed by atoms with E-state index in [9.17, 15) is 4.79 Å². The van der Waals surface area contributed by atoms with Crippen LogP contribution in [0.25, 0.3) is 0 Å². The van der Waals surface area contributed by atoms with Crippen molar-refractivity contribution < 1.29 is 14.6 Å². The van der Waals surface area contributed by atoms with Gasteiger partial charge >= 0.3 is 5.97 Å². The molecular weight excluding hydrogens is 168 g/mol. The van der Waals surface area contributed by atoms with Gasteiger partial charge in [0.2, 0.25) is 0 Å². The van der Waals surface area contributed by atoms with E-state index in [1.165, 1.54) is 19.3 Å². The number of carboxylic acid groups (broad SMARTS) is 1. The maximum Gasteiger partial charge on any atom is 0.308 e. The van der Waals surface area contributed by atoms with Crippen LogP contribution in [0.4, 0.5) is 0 Å². The van der Waals surface area contributed by atoms with Crippen LogP contribution in [0.15, 0.2) is 0 Å². The maximum atomic E-state index is 10.7. The highest BCUT2D eigenvalue weighted by atomic mass is 16.5. The van der Waals surface area contributed by atoms with Gasteiger partial charge in [0.05, 0.1) is 12.5 Å². The fraction of sp³-hybridized carbons (Fsp3) is 0.900. The molecule has 0 aromatic heterocycles. The van der Waals surface area contributed by atoms with Gasteiger partial charge in [0.15, 0.2) is 0 Å². The normalized spacial score (nSPS) is 26.6. The summed E-state index contributed by atoms with van der Waals surface area (Å²) in [5, 5.41) is 8.84. The van der Waals surface area contributed by atoms with Crippen molar-refractivity contribution >= 4 is 5.97 Å². The zero-order valence-electron chi connectivity index (χ0n) is 8.00. The van der Waals surface area contributed by atoms with Gasteiger partial charge in [0, 0.05) is 6.61 Å². The lowest BCUT2D eigenvalue weighted by Crippen LogP contribution is -2.20. The Balaban J connectivity index is 2.30. The summed E-state index contributed by atoms with van der Waals surface area (Å²) in [5.41, 5.74) is 0. The first-order valence-electron chi connectivity index (χ1n) is 5.11. The van der Waals surface area contributed by atoms with E-state index < -0.39 is 5.97 Å². The van der Waals surface area contributed by atoms with E-state index in [1.807, 2.05) is 0 Å². The van der Waals surface area contributed by atoms with E-state index in [1.54, 1.807) is 0 Å². The van der Waals surface area contributed by atoms with Crippen molar-refractivity contribution in [2.75, 3.05) is 13.2 Å². The molecule has 1 atom stereocenters. The minimum Gasteiger partial charge on any atom is -0.481 e. The summed E-state index contributed by atoms with van der Waals surface area (Å²) in [6.07, 6.45) is 6.49. The summed E-state index contributed by atoms with van der Waals surface area (Å²) >= 11 is 0. The summed E-state index contributed by atoms with van der Waals surface area (Å²) in [4.78, 5) is 10.7. The molecule has 0 radical (unpaired) electrons. The molecule has 1 unspecified atom stereocenters. The van der Waals surface area contributed by atoms with Crippen molar-refractivity contribution in [2.24, 2.45) is 5.92 Å². The van der Waals surface area contributed by atoms with Crippen LogP contribution in [0.2, 0.25) is 0 Å². The third kappa shape index (κ3) is 4.27. The first-order chi connectivity index (χ1) is 6.30. The van der Waals surface area contributed by atoms with Crippen LogP contribution < -0.4 is 0 Å². The van der Waals surface area contributed by atoms with Gasteiger partial charge in [-0.3, -0.25) is 4.79 Å². The molecule has 13 heavy (non-hydrogen) atoms. The molecule has 1 aliphatic rings. The van der Waals surface area contributed by atoms with E-state index in [-0.39, 0.29) is 5.92 Å². The van der Waals surface area contributed by atoms with Crippen LogP contribution in [0, 0.1) is 5.92 Å². The number of carbonyl (C=O) groups is 1. The molecule has 1 rings (SSSR count). The highest BCUT2D eigenvalue weighted by Gasteiger charge is 2.17. The largest absolute Gasteiger partial charge is 0.481 e. The topological polar surface area (TPSA) is 46.5 Å². The number of hydrogen-bond donors (Lipinski definition) is 1. The fourth-order valence-electron chi connectivity index (χ4n) is 1.63. The number of aliphatic carboxylic acids is 1. The van der Waals surface area contributed by atoms with E-state index >= 15 is 0 Å². The molecule has 3 nitrogen and oxygen atoms in total. The minimum absolute atomic E-state index is 0.280. The SMILES string of the molecule is O=C(O)C1CCCCCCCOC1. The average Bonchev–Trinajstić information content (AvgIpc) is 2.14. The molecule has 1 aliphatic heterocycles. The first-order valence-corrected chi connectivity index (χ1v) is 5.11. The van der Waals surface area contributed by atoms with E-state index in [2.05, 4.69) is 0 Å². The predicted molar refractivity (Wildman–Crippen MR) is 49.6 cm³/mol. The molecule has 1 N–H and O–H groups in total. The van der Waals surface area contributed by atoms with Gasteiger partial charge in [-0.05, 0) is 12.8 Å². The number of ether oxygens (including phenoxy) is 1. The van der Waals surface area contributed by atoms with Gasteiger partial charge in [-0.2, -0.15) is 0 Å². The molecule has 3 heteroatoms. The predicted octanol–water partition coefficient (Wildman–Crippen LogP) is 2.06. The number of hydrogen-bond acceptors (Lipinski definition) is 2. The Hall–Kier alpha value is -0.570. The minimum atomic E-state index is -0.708. The van der Waals surface area contributed by atoms with Crippen molar-refractivity contribution in [1.82, 2.24) is 0 Å². The second-order valence-corrected chi connectivity index (χ2v) is 3.67. The third-order valence-electron chi connectivity index (χ3n) is 2.51. The van der Waals surface area contributed by atoms with E-state index in [0.29, 0.717) is 6.61 Å². The van der Waals surface area contributed by atoms with Gasteiger partial charge in [-0.25, -0.2) is 0 Å². The third-order valence-corrected chi connectivity index (χ3v) is 2.51. The monoisotopic (exact) mass is 186 g/mol. The quantitative estimate of drug-likeness (QED) is 0.681. The molecule has 1 heterocycles. The smallest absolute Gasteiger partial charge is 0.308 e. The summed E-state index contributed by atoms with van der Waals surface area (Å²) < 4.78 is 5.30. The molecule has 76 valence electrons. The lowest BCUT2D eigenvalue weighted by Gasteiger charge is -2.14. The van der Waals surface area contributed by atoms with Crippen LogP contribution in [0.3, 0.4) is 0 Å². The Kier molecular flexibility index (Phi) is 4.83. The summed E-state index contributed by atoms with van der Waals surface area (Å²) in [6.45, 7) is 1.12. The van der Waals surface area contributed by atoms with Crippen LogP contribution in [0.1, 0.15) is 38.5 Å². The van der Waals surface area contributed by atoms with Gasteiger partial charge in [0.1, 0.15) is 0 Å². The molecule has 0 aromatic rings. The van der Waals surface area contributed by atoms with Crippen LogP contribution in [0.5, 0.6) is 0 Å². The molecule has 0 spiro atoms. The summed E-state index contributed by atoms with van der Waals surface area (Å²) in [6, 6.07) is 0. The molecule has 1 saturated heterocycles. The molecule has 0 bridgehead atoms. The average molecular weight is 186 g/mol. The summed E-state index contributed by atoms with van der Waals surface area (Å²) in [7, 11) is 0. The van der Waals surface area contributed by atoms with Crippen molar-refractivity contribution in [3.63, 3.8) is 0 Å². The lowest BCUT2D eigenvalue weighted by molar-refractivity contribution is -0.144. The van der Waals surface area contributed by atoms with E-state index in [4.69, 9.17) is 9.84 Å². The van der Waals surface area contributed by atoms with Gasteiger partial charge < -0.3 is 9.84 Å². The van der Waals surface area contributed by atoms with Gasteiger partial charge in [0.25, 0.3) is 0 Å². The molecule has 1 fully saturated rings. The second-order valence-electron chi connectivity index (χ2n) is 3.67. The Morgan fingerprint density at radius 3 is 2.62 bits per heavy atom. The zero-order valence-corrected chi connectivity index (χ0v) is 8.00.